The highest BCUT2D eigenvalue weighted by Crippen LogP contribution is 2.21. The Morgan fingerprint density at radius 3 is 2.28 bits per heavy atom. The van der Waals surface area contributed by atoms with Crippen LogP contribution in [0.2, 0.25) is 0 Å². The number of benzene rings is 3. The lowest BCUT2D eigenvalue weighted by molar-refractivity contribution is 0.0954. The highest BCUT2D eigenvalue weighted by Gasteiger charge is 2.19. The molecule has 6 nitrogen and oxygen atoms in total. The molecular weight excluding hydrogens is 424 g/mol. The molecule has 0 bridgehead atoms. The summed E-state index contributed by atoms with van der Waals surface area (Å²) in [5.41, 5.74) is 3.88. The van der Waals surface area contributed by atoms with Crippen molar-refractivity contribution in [2.24, 2.45) is 0 Å². The molecule has 0 atom stereocenters. The van der Waals surface area contributed by atoms with E-state index >= 15 is 0 Å². The molecule has 32 heavy (non-hydrogen) atoms. The first-order valence-corrected chi connectivity index (χ1v) is 11.9. The summed E-state index contributed by atoms with van der Waals surface area (Å²) in [4.78, 5) is 12.7. The monoisotopic (exact) mass is 452 g/mol. The van der Waals surface area contributed by atoms with E-state index in [0.29, 0.717) is 30.7 Å². The molecule has 0 saturated carbocycles. The van der Waals surface area contributed by atoms with Gasteiger partial charge >= 0.3 is 0 Å². The maximum atomic E-state index is 12.6. The standard InChI is InChI=1S/C25H28N2O4S/c1-18-15-22(16-24(19(18)2)32(29,30)26-3)25(28)27-14-13-20-9-11-23(12-10-20)31-17-21-7-5-4-6-8-21/h4-12,15-16,26H,13-14,17H2,1-3H3,(H,27,28). The number of sulfonamides is 1. The van der Waals surface area contributed by atoms with Crippen LogP contribution < -0.4 is 14.8 Å². The van der Waals surface area contributed by atoms with E-state index in [9.17, 15) is 13.2 Å². The zero-order chi connectivity index (χ0) is 23.1. The molecule has 3 rings (SSSR count). The highest BCUT2D eigenvalue weighted by atomic mass is 32.2. The van der Waals surface area contributed by atoms with E-state index in [2.05, 4.69) is 10.0 Å². The van der Waals surface area contributed by atoms with E-state index < -0.39 is 10.0 Å². The van der Waals surface area contributed by atoms with Gasteiger partial charge in [0.15, 0.2) is 0 Å². The molecule has 0 aliphatic rings. The molecule has 3 aromatic rings. The number of amides is 1. The normalized spacial score (nSPS) is 11.2. The van der Waals surface area contributed by atoms with Crippen LogP contribution in [0.25, 0.3) is 0 Å². The van der Waals surface area contributed by atoms with E-state index in [1.54, 1.807) is 19.9 Å². The van der Waals surface area contributed by atoms with Gasteiger partial charge in [-0.2, -0.15) is 0 Å². The number of carbonyl (C=O) groups excluding carboxylic acids is 1. The van der Waals surface area contributed by atoms with Crippen LogP contribution in [0.1, 0.15) is 32.6 Å². The number of ether oxygens (including phenoxy) is 1. The van der Waals surface area contributed by atoms with Crippen LogP contribution in [-0.2, 0) is 23.1 Å². The van der Waals surface area contributed by atoms with E-state index in [1.165, 1.54) is 13.1 Å². The highest BCUT2D eigenvalue weighted by molar-refractivity contribution is 7.89. The first-order valence-electron chi connectivity index (χ1n) is 10.4. The van der Waals surface area contributed by atoms with E-state index in [1.807, 2.05) is 54.6 Å². The maximum absolute atomic E-state index is 12.6. The quantitative estimate of drug-likeness (QED) is 0.518. The Morgan fingerprint density at radius 2 is 1.62 bits per heavy atom. The zero-order valence-corrected chi connectivity index (χ0v) is 19.3. The zero-order valence-electron chi connectivity index (χ0n) is 18.5. The second-order valence-corrected chi connectivity index (χ2v) is 9.40. The number of carbonyl (C=O) groups is 1. The molecule has 0 aliphatic heterocycles. The van der Waals surface area contributed by atoms with Crippen LogP contribution in [0.5, 0.6) is 5.75 Å². The van der Waals surface area contributed by atoms with Crippen LogP contribution >= 0.6 is 0 Å². The second kappa shape index (κ2) is 10.4. The number of hydrogen-bond donors (Lipinski definition) is 2. The van der Waals surface area contributed by atoms with Crippen LogP contribution in [0.4, 0.5) is 0 Å². The Labute approximate surface area is 189 Å². The molecule has 7 heteroatoms. The van der Waals surface area contributed by atoms with Crippen LogP contribution in [0, 0.1) is 13.8 Å². The van der Waals surface area contributed by atoms with Crippen LogP contribution in [0.3, 0.4) is 0 Å². The predicted octanol–water partition coefficient (Wildman–Crippen LogP) is 3.76. The summed E-state index contributed by atoms with van der Waals surface area (Å²) in [6, 6.07) is 20.9. The number of hydrogen-bond acceptors (Lipinski definition) is 4. The van der Waals surface area contributed by atoms with Crippen LogP contribution in [0.15, 0.2) is 71.6 Å². The van der Waals surface area contributed by atoms with Crippen molar-refractivity contribution in [3.63, 3.8) is 0 Å². The molecule has 2 N–H and O–H groups in total. The van der Waals surface area contributed by atoms with E-state index in [0.717, 1.165) is 22.4 Å². The first kappa shape index (κ1) is 23.5. The number of nitrogens with one attached hydrogen (secondary N) is 2. The van der Waals surface area contributed by atoms with Crippen molar-refractivity contribution in [3.8, 4) is 5.75 Å². The molecule has 0 heterocycles. The van der Waals surface area contributed by atoms with Gasteiger partial charge in [-0.05, 0) is 73.8 Å². The molecule has 0 spiro atoms. The molecular formula is C25H28N2O4S. The molecule has 0 radical (unpaired) electrons. The van der Waals surface area contributed by atoms with Gasteiger partial charge in [-0.15, -0.1) is 0 Å². The smallest absolute Gasteiger partial charge is 0.251 e. The SMILES string of the molecule is CNS(=O)(=O)c1cc(C(=O)NCCc2ccc(OCc3ccccc3)cc2)cc(C)c1C. The average molecular weight is 453 g/mol. The van der Waals surface area contributed by atoms with Gasteiger partial charge < -0.3 is 10.1 Å². The van der Waals surface area contributed by atoms with Gasteiger partial charge in [0, 0.05) is 12.1 Å². The Balaban J connectivity index is 1.56. The summed E-state index contributed by atoms with van der Waals surface area (Å²) in [7, 11) is -2.28. The third-order valence-electron chi connectivity index (χ3n) is 5.31. The first-order chi connectivity index (χ1) is 15.3. The molecule has 1 amide bonds. The van der Waals surface area contributed by atoms with Crippen LogP contribution in [-0.4, -0.2) is 27.9 Å². The lowest BCUT2D eigenvalue weighted by atomic mass is 10.1. The minimum absolute atomic E-state index is 0.122. The molecule has 0 fully saturated rings. The maximum Gasteiger partial charge on any atom is 0.251 e. The fourth-order valence-corrected chi connectivity index (χ4v) is 4.33. The Morgan fingerprint density at radius 1 is 0.938 bits per heavy atom. The molecule has 0 saturated heterocycles. The molecule has 168 valence electrons. The molecule has 3 aromatic carbocycles. The Kier molecular flexibility index (Phi) is 7.66. The van der Waals surface area contributed by atoms with Crippen molar-refractivity contribution < 1.29 is 17.9 Å². The van der Waals surface area contributed by atoms with Gasteiger partial charge in [-0.25, -0.2) is 13.1 Å². The molecule has 0 aliphatic carbocycles. The number of aryl methyl sites for hydroxylation is 1. The largest absolute Gasteiger partial charge is 0.489 e. The topological polar surface area (TPSA) is 84.5 Å². The summed E-state index contributed by atoms with van der Waals surface area (Å²) >= 11 is 0. The van der Waals surface area contributed by atoms with Gasteiger partial charge in [-0.1, -0.05) is 42.5 Å². The minimum Gasteiger partial charge on any atom is -0.489 e. The average Bonchev–Trinajstić information content (AvgIpc) is 2.80. The summed E-state index contributed by atoms with van der Waals surface area (Å²) in [5.74, 6) is 0.485. The minimum atomic E-state index is -3.64. The number of rotatable bonds is 9. The van der Waals surface area contributed by atoms with Crippen molar-refractivity contribution in [2.75, 3.05) is 13.6 Å². The van der Waals surface area contributed by atoms with Crippen molar-refractivity contribution >= 4 is 15.9 Å². The van der Waals surface area contributed by atoms with Gasteiger partial charge in [-0.3, -0.25) is 4.79 Å². The summed E-state index contributed by atoms with van der Waals surface area (Å²) in [6.45, 7) is 4.47. The van der Waals surface area contributed by atoms with Gasteiger partial charge in [0.1, 0.15) is 12.4 Å². The van der Waals surface area contributed by atoms with Gasteiger partial charge in [0.25, 0.3) is 5.91 Å². The third-order valence-corrected chi connectivity index (χ3v) is 6.85. The van der Waals surface area contributed by atoms with E-state index in [-0.39, 0.29) is 10.8 Å². The lowest BCUT2D eigenvalue weighted by Crippen LogP contribution is -2.27. The lowest BCUT2D eigenvalue weighted by Gasteiger charge is -2.12. The Hall–Kier alpha value is -3.16. The fraction of sp³-hybridized carbons (Fsp3) is 0.240. The molecule has 0 aromatic heterocycles. The van der Waals surface area contributed by atoms with Gasteiger partial charge in [0.05, 0.1) is 4.90 Å². The fourth-order valence-electron chi connectivity index (χ4n) is 3.26. The molecule has 0 unspecified atom stereocenters. The predicted molar refractivity (Wildman–Crippen MR) is 125 cm³/mol. The van der Waals surface area contributed by atoms with Crippen molar-refractivity contribution in [2.45, 2.75) is 31.8 Å². The summed E-state index contributed by atoms with van der Waals surface area (Å²) < 4.78 is 32.6. The summed E-state index contributed by atoms with van der Waals surface area (Å²) in [6.07, 6.45) is 0.650. The summed E-state index contributed by atoms with van der Waals surface area (Å²) in [5, 5.41) is 2.87. The van der Waals surface area contributed by atoms with Crippen molar-refractivity contribution in [3.05, 3.63) is 94.5 Å². The van der Waals surface area contributed by atoms with Crippen molar-refractivity contribution in [1.82, 2.24) is 10.0 Å². The third kappa shape index (κ3) is 5.96. The Bertz CT molecular complexity index is 1170. The van der Waals surface area contributed by atoms with Gasteiger partial charge in [0.2, 0.25) is 10.0 Å². The van der Waals surface area contributed by atoms with Crippen molar-refractivity contribution in [1.29, 1.82) is 0 Å². The van der Waals surface area contributed by atoms with E-state index in [4.69, 9.17) is 4.74 Å². The second-order valence-electron chi connectivity index (χ2n) is 7.55.